The number of para-hydroxylation sites is 2. The van der Waals surface area contributed by atoms with Crippen LogP contribution in [0.15, 0.2) is 52.8 Å². The number of aromatic hydroxyl groups is 1. The van der Waals surface area contributed by atoms with E-state index in [1.165, 1.54) is 11.5 Å². The molecule has 0 saturated carbocycles. The third-order valence-corrected chi connectivity index (χ3v) is 5.05. The molecule has 0 atom stereocenters. The number of nitrogens with two attached hydrogens (primary N) is 1. The van der Waals surface area contributed by atoms with E-state index in [2.05, 4.69) is 0 Å². The van der Waals surface area contributed by atoms with Gasteiger partial charge in [0.25, 0.3) is 0 Å². The molecule has 3 rings (SSSR count). The predicted octanol–water partition coefficient (Wildman–Crippen LogP) is 2.06. The van der Waals surface area contributed by atoms with E-state index in [1.54, 1.807) is 36.4 Å². The molecule has 0 amide bonds. The van der Waals surface area contributed by atoms with E-state index in [4.69, 9.17) is 10.5 Å². The fourth-order valence-electron chi connectivity index (χ4n) is 2.50. The molecule has 0 aromatic heterocycles. The molecule has 0 unspecified atom stereocenters. The van der Waals surface area contributed by atoms with Crippen molar-refractivity contribution in [2.45, 2.75) is 11.4 Å². The Morgan fingerprint density at radius 2 is 1.86 bits per heavy atom. The van der Waals surface area contributed by atoms with Crippen LogP contribution in [0.4, 0.5) is 0 Å². The molecule has 3 N–H and O–H groups in total. The lowest BCUT2D eigenvalue weighted by Gasteiger charge is -2.11. The number of hydrogen-bond donors (Lipinski definition) is 2. The first-order valence-electron chi connectivity index (χ1n) is 6.71. The van der Waals surface area contributed by atoms with Crippen molar-refractivity contribution in [1.82, 2.24) is 0 Å². The molecule has 1 aliphatic heterocycles. The van der Waals surface area contributed by atoms with Gasteiger partial charge in [-0.15, -0.1) is 0 Å². The average Bonchev–Trinajstić information content (AvgIpc) is 2.78. The van der Waals surface area contributed by atoms with Gasteiger partial charge in [-0.1, -0.05) is 24.3 Å². The van der Waals surface area contributed by atoms with Gasteiger partial charge in [0.1, 0.15) is 6.61 Å². The minimum Gasteiger partial charge on any atom is -0.504 e. The third-order valence-electron chi connectivity index (χ3n) is 3.51. The van der Waals surface area contributed by atoms with Crippen molar-refractivity contribution < 1.29 is 18.3 Å². The number of rotatable bonds is 4. The summed E-state index contributed by atoms with van der Waals surface area (Å²) in [6.45, 7) is 0.285. The van der Waals surface area contributed by atoms with Crippen LogP contribution in [0.3, 0.4) is 0 Å². The van der Waals surface area contributed by atoms with Crippen molar-refractivity contribution in [1.29, 1.82) is 0 Å². The molecule has 5 nitrogen and oxygen atoms in total. The van der Waals surface area contributed by atoms with Crippen LogP contribution in [-0.4, -0.2) is 20.1 Å². The van der Waals surface area contributed by atoms with Crippen molar-refractivity contribution in [3.05, 3.63) is 59.0 Å². The Labute approximate surface area is 128 Å². The molecule has 1 aliphatic rings. The van der Waals surface area contributed by atoms with Gasteiger partial charge in [0.2, 0.25) is 9.84 Å². The highest BCUT2D eigenvalue weighted by Gasteiger charge is 2.29. The Hall–Kier alpha value is -2.31. The smallest absolute Gasteiger partial charge is 0.200 e. The Balaban J connectivity index is 1.95. The Kier molecular flexibility index (Phi) is 3.64. The van der Waals surface area contributed by atoms with E-state index in [0.717, 1.165) is 5.56 Å². The summed E-state index contributed by atoms with van der Waals surface area (Å²) < 4.78 is 29.9. The topological polar surface area (TPSA) is 89.6 Å². The average molecular weight is 317 g/mol. The Morgan fingerprint density at radius 1 is 1.09 bits per heavy atom. The maximum absolute atomic E-state index is 12.2. The molecule has 6 heteroatoms. The maximum Gasteiger partial charge on any atom is 0.200 e. The molecule has 2 aromatic carbocycles. The second-order valence-corrected chi connectivity index (χ2v) is 6.70. The second-order valence-electron chi connectivity index (χ2n) is 4.94. The van der Waals surface area contributed by atoms with Gasteiger partial charge in [-0.2, -0.15) is 0 Å². The minimum atomic E-state index is -3.46. The van der Waals surface area contributed by atoms with Gasteiger partial charge in [-0.3, -0.25) is 0 Å². The van der Waals surface area contributed by atoms with E-state index in [9.17, 15) is 13.5 Å². The van der Waals surface area contributed by atoms with Crippen LogP contribution in [0.2, 0.25) is 0 Å². The highest BCUT2D eigenvalue weighted by atomic mass is 32.2. The fourth-order valence-corrected chi connectivity index (χ4v) is 4.00. The summed E-state index contributed by atoms with van der Waals surface area (Å²) in [5.74, 6) is 0.316. The summed E-state index contributed by atoms with van der Waals surface area (Å²) in [5, 5.41) is 10.9. The van der Waals surface area contributed by atoms with Crippen LogP contribution < -0.4 is 10.5 Å². The van der Waals surface area contributed by atoms with Gasteiger partial charge in [-0.05, 0) is 23.8 Å². The van der Waals surface area contributed by atoms with Gasteiger partial charge in [0.05, 0.1) is 4.90 Å². The van der Waals surface area contributed by atoms with Crippen LogP contribution in [0.1, 0.15) is 11.1 Å². The summed E-state index contributed by atoms with van der Waals surface area (Å²) >= 11 is 0. The van der Waals surface area contributed by atoms with Crippen molar-refractivity contribution in [2.75, 3.05) is 6.61 Å². The monoisotopic (exact) mass is 317 g/mol. The molecule has 0 radical (unpaired) electrons. The third kappa shape index (κ3) is 2.47. The van der Waals surface area contributed by atoms with Crippen LogP contribution in [0, 0.1) is 0 Å². The van der Waals surface area contributed by atoms with Gasteiger partial charge >= 0.3 is 0 Å². The molecule has 0 bridgehead atoms. The first-order valence-corrected chi connectivity index (χ1v) is 8.26. The van der Waals surface area contributed by atoms with Crippen LogP contribution in [0.5, 0.6) is 11.5 Å². The van der Waals surface area contributed by atoms with Crippen molar-refractivity contribution in [2.24, 2.45) is 5.73 Å². The Bertz CT molecular complexity index is 856. The number of sulfone groups is 1. The highest BCUT2D eigenvalue weighted by Crippen LogP contribution is 2.36. The molecular weight excluding hydrogens is 302 g/mol. The lowest BCUT2D eigenvalue weighted by molar-refractivity contribution is 0.341. The van der Waals surface area contributed by atoms with Gasteiger partial charge in [0.15, 0.2) is 11.5 Å². The van der Waals surface area contributed by atoms with Gasteiger partial charge in [-0.25, -0.2) is 8.42 Å². The van der Waals surface area contributed by atoms with Crippen LogP contribution in [0.25, 0.3) is 5.57 Å². The minimum absolute atomic E-state index is 0.0105. The first kappa shape index (κ1) is 14.6. The Morgan fingerprint density at radius 3 is 2.59 bits per heavy atom. The van der Waals surface area contributed by atoms with Crippen LogP contribution in [-0.2, 0) is 16.4 Å². The fraction of sp³-hybridized carbons (Fsp3) is 0.125. The maximum atomic E-state index is 12.2. The molecule has 22 heavy (non-hydrogen) atoms. The summed E-state index contributed by atoms with van der Waals surface area (Å²) in [7, 11) is -3.46. The molecule has 0 aliphatic carbocycles. The van der Waals surface area contributed by atoms with E-state index < -0.39 is 9.84 Å². The molecule has 1 heterocycles. The molecular formula is C16H15NO4S. The molecule has 0 saturated heterocycles. The summed E-state index contributed by atoms with van der Waals surface area (Å²) in [4.78, 5) is 0.256. The normalized spacial score (nSPS) is 15.2. The number of hydrogen-bond acceptors (Lipinski definition) is 5. The molecule has 0 spiro atoms. The number of benzene rings is 2. The summed E-state index contributed by atoms with van der Waals surface area (Å²) in [6, 6.07) is 11.6. The standard InChI is InChI=1S/C16H15NO4S/c17-8-11-4-3-7-15-16(11)12(10-22(15,19)20)9-21-14-6-2-1-5-13(14)18/h1-7,10,18H,8-9,17H2. The highest BCUT2D eigenvalue weighted by molar-refractivity contribution is 7.95. The predicted molar refractivity (Wildman–Crippen MR) is 83.1 cm³/mol. The zero-order valence-corrected chi connectivity index (χ0v) is 12.5. The first-order chi connectivity index (χ1) is 10.5. The van der Waals surface area contributed by atoms with Crippen molar-refractivity contribution >= 4 is 15.4 Å². The summed E-state index contributed by atoms with van der Waals surface area (Å²) in [6.07, 6.45) is 0. The molecule has 114 valence electrons. The van der Waals surface area contributed by atoms with Gasteiger partial charge in [0, 0.05) is 23.1 Å². The lowest BCUT2D eigenvalue weighted by atomic mass is 10.0. The lowest BCUT2D eigenvalue weighted by Crippen LogP contribution is -2.06. The SMILES string of the molecule is NCc1cccc2c1C(COc1ccccc1O)=CS2(=O)=O. The number of fused-ring (bicyclic) bond motifs is 1. The number of phenols is 1. The molecule has 2 aromatic rings. The second kappa shape index (κ2) is 5.47. The van der Waals surface area contributed by atoms with E-state index in [-0.39, 0.29) is 23.8 Å². The zero-order chi connectivity index (χ0) is 15.7. The van der Waals surface area contributed by atoms with E-state index >= 15 is 0 Å². The van der Waals surface area contributed by atoms with Crippen molar-refractivity contribution in [3.8, 4) is 11.5 Å². The van der Waals surface area contributed by atoms with Gasteiger partial charge < -0.3 is 15.6 Å². The number of ether oxygens (including phenoxy) is 1. The van der Waals surface area contributed by atoms with Crippen LogP contribution >= 0.6 is 0 Å². The summed E-state index contributed by atoms with van der Waals surface area (Å²) in [5.41, 5.74) is 7.61. The number of phenolic OH excluding ortho intramolecular Hbond substituents is 1. The zero-order valence-electron chi connectivity index (χ0n) is 11.7. The molecule has 0 fully saturated rings. The largest absolute Gasteiger partial charge is 0.504 e. The van der Waals surface area contributed by atoms with E-state index in [0.29, 0.717) is 16.9 Å². The van der Waals surface area contributed by atoms with E-state index in [1.807, 2.05) is 0 Å². The quantitative estimate of drug-likeness (QED) is 0.901. The van der Waals surface area contributed by atoms with Crippen molar-refractivity contribution in [3.63, 3.8) is 0 Å².